The number of carboxylic acid groups (broad SMARTS) is 1. The van der Waals surface area contributed by atoms with Crippen LogP contribution in [0, 0.1) is 2.88 Å². The lowest BCUT2D eigenvalue weighted by molar-refractivity contribution is -0.159. The third kappa shape index (κ3) is 3.01. The fourth-order valence-corrected chi connectivity index (χ4v) is 3.16. The number of amides is 1. The maximum absolute atomic E-state index is 12.0. The lowest BCUT2D eigenvalue weighted by atomic mass is 9.95. The fraction of sp³-hybridized carbons (Fsp3) is 0.455. The summed E-state index contributed by atoms with van der Waals surface area (Å²) in [6, 6.07) is 1.85. The van der Waals surface area contributed by atoms with E-state index in [4.69, 9.17) is 9.84 Å². The molecule has 18 heavy (non-hydrogen) atoms. The van der Waals surface area contributed by atoms with Crippen molar-refractivity contribution >= 4 is 45.8 Å². The van der Waals surface area contributed by atoms with Crippen LogP contribution in [0.2, 0.25) is 0 Å². The van der Waals surface area contributed by atoms with Crippen molar-refractivity contribution in [1.29, 1.82) is 0 Å². The minimum absolute atomic E-state index is 0.0226. The molecular weight excluding hydrogens is 369 g/mol. The normalized spacial score (nSPS) is 17.3. The van der Waals surface area contributed by atoms with Crippen molar-refractivity contribution in [1.82, 2.24) is 4.90 Å². The monoisotopic (exact) mass is 381 g/mol. The molecule has 0 aliphatic carbocycles. The molecule has 0 aromatic carbocycles. The second-order valence-electron chi connectivity index (χ2n) is 4.43. The SMILES string of the molecule is CC1(OCC(=O)O)CN(C(=O)c2csc(I)c2)C1. The van der Waals surface area contributed by atoms with Crippen LogP contribution in [-0.4, -0.2) is 47.2 Å². The minimum Gasteiger partial charge on any atom is -0.480 e. The van der Waals surface area contributed by atoms with Gasteiger partial charge >= 0.3 is 5.97 Å². The second kappa shape index (κ2) is 5.14. The number of rotatable bonds is 4. The molecule has 1 N–H and O–H groups in total. The lowest BCUT2D eigenvalue weighted by Gasteiger charge is -2.47. The summed E-state index contributed by atoms with van der Waals surface area (Å²) in [5.74, 6) is -1.01. The van der Waals surface area contributed by atoms with Gasteiger partial charge in [-0.3, -0.25) is 4.79 Å². The van der Waals surface area contributed by atoms with E-state index in [9.17, 15) is 9.59 Å². The maximum Gasteiger partial charge on any atom is 0.329 e. The molecule has 98 valence electrons. The molecule has 1 aromatic rings. The number of carboxylic acids is 1. The molecule has 1 aliphatic rings. The predicted octanol–water partition coefficient (Wildman–Crippen LogP) is 1.67. The highest BCUT2D eigenvalue weighted by Gasteiger charge is 2.43. The molecular formula is C11H12INO4S. The van der Waals surface area contributed by atoms with Crippen molar-refractivity contribution in [3.8, 4) is 0 Å². The van der Waals surface area contributed by atoms with E-state index in [2.05, 4.69) is 22.6 Å². The van der Waals surface area contributed by atoms with Gasteiger partial charge in [0.05, 0.1) is 21.5 Å². The number of ether oxygens (including phenoxy) is 1. The Bertz CT molecular complexity index is 481. The molecule has 1 saturated heterocycles. The van der Waals surface area contributed by atoms with E-state index in [-0.39, 0.29) is 12.5 Å². The smallest absolute Gasteiger partial charge is 0.329 e. The number of carbonyl (C=O) groups is 2. The largest absolute Gasteiger partial charge is 0.480 e. The molecule has 2 heterocycles. The van der Waals surface area contributed by atoms with Gasteiger partial charge in [0, 0.05) is 5.38 Å². The van der Waals surface area contributed by atoms with Gasteiger partial charge in [-0.05, 0) is 35.6 Å². The quantitative estimate of drug-likeness (QED) is 0.806. The zero-order valence-electron chi connectivity index (χ0n) is 9.68. The first-order valence-electron chi connectivity index (χ1n) is 5.29. The molecule has 0 bridgehead atoms. The van der Waals surface area contributed by atoms with E-state index in [1.54, 1.807) is 4.90 Å². The fourth-order valence-electron chi connectivity index (χ4n) is 1.84. The van der Waals surface area contributed by atoms with Crippen LogP contribution >= 0.6 is 33.9 Å². The molecule has 1 fully saturated rings. The standard InChI is InChI=1S/C11H12INO4S/c1-11(17-3-9(14)15)5-13(6-11)10(16)7-2-8(12)18-4-7/h2,4H,3,5-6H2,1H3,(H,14,15). The number of aliphatic carboxylic acids is 1. The van der Waals surface area contributed by atoms with Crippen LogP contribution in [-0.2, 0) is 9.53 Å². The Morgan fingerprint density at radius 1 is 1.61 bits per heavy atom. The van der Waals surface area contributed by atoms with Gasteiger partial charge in [0.1, 0.15) is 12.2 Å². The van der Waals surface area contributed by atoms with E-state index < -0.39 is 11.6 Å². The number of likely N-dealkylation sites (tertiary alicyclic amines) is 1. The number of halogens is 1. The van der Waals surface area contributed by atoms with Crippen LogP contribution in [0.1, 0.15) is 17.3 Å². The van der Waals surface area contributed by atoms with Gasteiger partial charge in [0.25, 0.3) is 5.91 Å². The van der Waals surface area contributed by atoms with Crippen molar-refractivity contribution in [3.05, 3.63) is 19.9 Å². The molecule has 0 saturated carbocycles. The van der Waals surface area contributed by atoms with E-state index in [0.29, 0.717) is 18.7 Å². The first-order chi connectivity index (χ1) is 8.39. The van der Waals surface area contributed by atoms with Crippen LogP contribution in [0.4, 0.5) is 0 Å². The Balaban J connectivity index is 1.88. The van der Waals surface area contributed by atoms with Gasteiger partial charge in [-0.25, -0.2) is 4.79 Å². The molecule has 1 aliphatic heterocycles. The van der Waals surface area contributed by atoms with E-state index in [0.717, 1.165) is 2.88 Å². The van der Waals surface area contributed by atoms with E-state index in [1.165, 1.54) is 11.3 Å². The van der Waals surface area contributed by atoms with E-state index >= 15 is 0 Å². The van der Waals surface area contributed by atoms with Gasteiger partial charge in [-0.1, -0.05) is 0 Å². The van der Waals surface area contributed by atoms with Gasteiger partial charge in [0.15, 0.2) is 0 Å². The molecule has 0 radical (unpaired) electrons. The zero-order chi connectivity index (χ0) is 13.3. The van der Waals surface area contributed by atoms with Crippen molar-refractivity contribution in [2.24, 2.45) is 0 Å². The highest BCUT2D eigenvalue weighted by Crippen LogP contribution is 2.27. The number of carbonyl (C=O) groups excluding carboxylic acids is 1. The number of thiophene rings is 1. The molecule has 0 atom stereocenters. The summed E-state index contributed by atoms with van der Waals surface area (Å²) in [7, 11) is 0. The highest BCUT2D eigenvalue weighted by molar-refractivity contribution is 14.1. The Morgan fingerprint density at radius 3 is 2.78 bits per heavy atom. The zero-order valence-corrected chi connectivity index (χ0v) is 12.7. The summed E-state index contributed by atoms with van der Waals surface area (Å²) in [5.41, 5.74) is 0.154. The van der Waals surface area contributed by atoms with Crippen LogP contribution in [0.15, 0.2) is 11.4 Å². The first kappa shape index (κ1) is 13.8. The number of hydrogen-bond acceptors (Lipinski definition) is 4. The summed E-state index contributed by atoms with van der Waals surface area (Å²) in [6.07, 6.45) is 0. The Morgan fingerprint density at radius 2 is 2.28 bits per heavy atom. The van der Waals surface area contributed by atoms with Crippen molar-refractivity contribution in [3.63, 3.8) is 0 Å². The number of nitrogens with zero attached hydrogens (tertiary/aromatic N) is 1. The Kier molecular flexibility index (Phi) is 3.93. The summed E-state index contributed by atoms with van der Waals surface area (Å²) < 4.78 is 6.33. The summed E-state index contributed by atoms with van der Waals surface area (Å²) in [5, 5.41) is 10.4. The van der Waals surface area contributed by atoms with Gasteiger partial charge in [-0.15, -0.1) is 11.3 Å². The average Bonchev–Trinajstić information content (AvgIpc) is 2.68. The molecule has 7 heteroatoms. The molecule has 1 amide bonds. The van der Waals surface area contributed by atoms with Crippen molar-refractivity contribution < 1.29 is 19.4 Å². The Hall–Kier alpha value is -0.670. The average molecular weight is 381 g/mol. The van der Waals surface area contributed by atoms with Gasteiger partial charge in [-0.2, -0.15) is 0 Å². The maximum atomic E-state index is 12.0. The summed E-state index contributed by atoms with van der Waals surface area (Å²) >= 11 is 3.70. The molecule has 0 spiro atoms. The highest BCUT2D eigenvalue weighted by atomic mass is 127. The van der Waals surface area contributed by atoms with Crippen LogP contribution in [0.3, 0.4) is 0 Å². The van der Waals surface area contributed by atoms with E-state index in [1.807, 2.05) is 18.4 Å². The second-order valence-corrected chi connectivity index (χ2v) is 7.24. The predicted molar refractivity (Wildman–Crippen MR) is 74.9 cm³/mol. The third-order valence-electron chi connectivity index (χ3n) is 2.70. The van der Waals surface area contributed by atoms with Crippen molar-refractivity contribution in [2.75, 3.05) is 19.7 Å². The van der Waals surface area contributed by atoms with Crippen LogP contribution in [0.25, 0.3) is 0 Å². The third-order valence-corrected chi connectivity index (χ3v) is 4.49. The first-order valence-corrected chi connectivity index (χ1v) is 7.24. The summed E-state index contributed by atoms with van der Waals surface area (Å²) in [6.45, 7) is 2.36. The van der Waals surface area contributed by atoms with Gasteiger partial charge < -0.3 is 14.7 Å². The van der Waals surface area contributed by atoms with Gasteiger partial charge in [0.2, 0.25) is 0 Å². The lowest BCUT2D eigenvalue weighted by Crippen LogP contribution is -2.63. The molecule has 5 nitrogen and oxygen atoms in total. The Labute approximate surface area is 122 Å². The van der Waals surface area contributed by atoms with Crippen LogP contribution in [0.5, 0.6) is 0 Å². The molecule has 1 aromatic heterocycles. The topological polar surface area (TPSA) is 66.8 Å². The minimum atomic E-state index is -0.992. The number of hydrogen-bond donors (Lipinski definition) is 1. The van der Waals surface area contributed by atoms with Crippen LogP contribution < -0.4 is 0 Å². The molecule has 2 rings (SSSR count). The molecule has 0 unspecified atom stereocenters. The van der Waals surface area contributed by atoms with Crippen molar-refractivity contribution in [2.45, 2.75) is 12.5 Å². The summed E-state index contributed by atoms with van der Waals surface area (Å²) in [4.78, 5) is 24.1.